The molecule has 4 aromatic carbocycles. The average molecular weight is 679 g/mol. The number of para-hydroxylation sites is 2. The molecule has 1 unspecified atom stereocenters. The van der Waals surface area contributed by atoms with Crippen LogP contribution in [0.2, 0.25) is 0 Å². The van der Waals surface area contributed by atoms with Gasteiger partial charge in [0.05, 0.1) is 10.6 Å². The van der Waals surface area contributed by atoms with Crippen LogP contribution in [0.4, 0.5) is 0 Å². The Bertz CT molecular complexity index is 1640. The molecule has 0 heterocycles. The summed E-state index contributed by atoms with van der Waals surface area (Å²) >= 11 is 0. The Labute approximate surface area is 278 Å². The number of hydrogen-bond acceptors (Lipinski definition) is 8. The van der Waals surface area contributed by atoms with Crippen molar-refractivity contribution in [3.63, 3.8) is 0 Å². The van der Waals surface area contributed by atoms with Gasteiger partial charge in [-0.25, -0.2) is 0 Å². The molecule has 0 N–H and O–H groups in total. The normalized spacial score (nSPS) is 17.6. The van der Waals surface area contributed by atoms with Crippen LogP contribution in [0.5, 0.6) is 23.0 Å². The highest BCUT2D eigenvalue weighted by molar-refractivity contribution is 7.62. The summed E-state index contributed by atoms with van der Waals surface area (Å²) in [5.41, 5.74) is 0.503. The summed E-state index contributed by atoms with van der Waals surface area (Å²) in [6.45, 7) is 6.68. The van der Waals surface area contributed by atoms with Crippen molar-refractivity contribution in [1.29, 1.82) is 0 Å². The SMILES string of the molecule is COP(=O)(OC)c1cc(Oc2ccccc2)ccc1C1(c2ccc(Oc3ccccc3)cc2P(=O)(OC)OC)CC(C)CC(C)(C)C1. The largest absolute Gasteiger partial charge is 0.457 e. The zero-order valence-corrected chi connectivity index (χ0v) is 29.9. The van der Waals surface area contributed by atoms with Gasteiger partial charge in [-0.05, 0) is 90.3 Å². The molecule has 1 atom stereocenters. The van der Waals surface area contributed by atoms with Gasteiger partial charge in [-0.2, -0.15) is 0 Å². The minimum Gasteiger partial charge on any atom is -0.457 e. The Balaban J connectivity index is 1.81. The van der Waals surface area contributed by atoms with Crippen LogP contribution in [-0.2, 0) is 32.6 Å². The van der Waals surface area contributed by atoms with Crippen LogP contribution in [0.1, 0.15) is 51.2 Å². The minimum atomic E-state index is -3.86. The van der Waals surface area contributed by atoms with E-state index in [4.69, 9.17) is 27.6 Å². The van der Waals surface area contributed by atoms with Crippen molar-refractivity contribution in [2.45, 2.75) is 45.4 Å². The summed E-state index contributed by atoms with van der Waals surface area (Å²) < 4.78 is 63.9. The van der Waals surface area contributed by atoms with E-state index in [1.54, 1.807) is 12.1 Å². The molecule has 0 aromatic heterocycles. The predicted octanol–water partition coefficient (Wildman–Crippen LogP) is 9.63. The number of benzene rings is 4. The Kier molecular flexibility index (Phi) is 10.5. The number of rotatable bonds is 12. The van der Waals surface area contributed by atoms with Gasteiger partial charge >= 0.3 is 15.2 Å². The zero-order chi connectivity index (χ0) is 33.9. The van der Waals surface area contributed by atoms with Gasteiger partial charge in [0.15, 0.2) is 0 Å². The summed E-state index contributed by atoms with van der Waals surface area (Å²) in [6, 6.07) is 29.9. The zero-order valence-electron chi connectivity index (χ0n) is 28.1. The Morgan fingerprint density at radius 3 is 1.34 bits per heavy atom. The minimum absolute atomic E-state index is 0.154. The molecule has 1 saturated carbocycles. The molecular formula is C37H44O8P2. The molecule has 1 fully saturated rings. The fraction of sp³-hybridized carbons (Fsp3) is 0.351. The second kappa shape index (κ2) is 14.1. The highest BCUT2D eigenvalue weighted by atomic mass is 31.2. The van der Waals surface area contributed by atoms with Gasteiger partial charge < -0.3 is 27.6 Å². The van der Waals surface area contributed by atoms with E-state index in [0.29, 0.717) is 46.4 Å². The van der Waals surface area contributed by atoms with Crippen LogP contribution in [0.25, 0.3) is 0 Å². The highest BCUT2D eigenvalue weighted by Gasteiger charge is 2.51. The van der Waals surface area contributed by atoms with Gasteiger partial charge in [-0.3, -0.25) is 9.13 Å². The molecule has 0 saturated heterocycles. The van der Waals surface area contributed by atoms with Crippen LogP contribution < -0.4 is 20.1 Å². The molecule has 5 rings (SSSR count). The second-order valence-corrected chi connectivity index (χ2v) is 17.3. The lowest BCUT2D eigenvalue weighted by Crippen LogP contribution is -2.46. The van der Waals surface area contributed by atoms with Crippen LogP contribution in [-0.4, -0.2) is 28.4 Å². The lowest BCUT2D eigenvalue weighted by atomic mass is 9.55. The lowest BCUT2D eigenvalue weighted by molar-refractivity contribution is 0.127. The smallest absolute Gasteiger partial charge is 0.361 e. The fourth-order valence-corrected chi connectivity index (χ4v) is 10.2. The van der Waals surface area contributed by atoms with E-state index in [1.165, 1.54) is 28.4 Å². The number of hydrogen-bond donors (Lipinski definition) is 0. The topological polar surface area (TPSA) is 89.5 Å². The monoisotopic (exact) mass is 678 g/mol. The third kappa shape index (κ3) is 7.29. The molecule has 0 radical (unpaired) electrons. The standard InChI is InChI=1S/C37H44O8P2/c1-27-24-36(2,3)26-37(25-27,32-20-18-30(44-28-14-10-8-11-15-28)22-34(32)46(38,40-4)41-5)33-21-19-31(45-29-16-12-9-13-17-29)23-35(33)47(39,42-6)43-7/h8-23,27H,24-26H2,1-7H3. The predicted molar refractivity (Wildman–Crippen MR) is 186 cm³/mol. The molecule has 0 bridgehead atoms. The van der Waals surface area contributed by atoms with E-state index in [0.717, 1.165) is 17.5 Å². The van der Waals surface area contributed by atoms with Crippen molar-refractivity contribution in [3.8, 4) is 23.0 Å². The number of ether oxygens (including phenoxy) is 2. The van der Waals surface area contributed by atoms with Crippen molar-refractivity contribution in [2.75, 3.05) is 28.4 Å². The summed E-state index contributed by atoms with van der Waals surface area (Å²) in [6.07, 6.45) is 2.28. The van der Waals surface area contributed by atoms with Gasteiger partial charge in [0, 0.05) is 33.9 Å². The maximum absolute atomic E-state index is 14.5. The lowest BCUT2D eigenvalue weighted by Gasteiger charge is -2.50. The Morgan fingerprint density at radius 1 is 0.574 bits per heavy atom. The molecule has 47 heavy (non-hydrogen) atoms. The quantitative estimate of drug-likeness (QED) is 0.137. The molecule has 0 aliphatic heterocycles. The van der Waals surface area contributed by atoms with Crippen LogP contribution in [0.3, 0.4) is 0 Å². The molecule has 4 aromatic rings. The summed E-state index contributed by atoms with van der Waals surface area (Å²) in [4.78, 5) is 0. The first-order valence-corrected chi connectivity index (χ1v) is 18.7. The van der Waals surface area contributed by atoms with E-state index in [-0.39, 0.29) is 11.3 Å². The third-order valence-electron chi connectivity index (χ3n) is 8.86. The van der Waals surface area contributed by atoms with Crippen LogP contribution in [0, 0.1) is 11.3 Å². The summed E-state index contributed by atoms with van der Waals surface area (Å²) in [5, 5.41) is 0.752. The van der Waals surface area contributed by atoms with Crippen molar-refractivity contribution < 1.29 is 36.7 Å². The average Bonchev–Trinajstić information content (AvgIpc) is 3.07. The maximum atomic E-state index is 14.5. The molecule has 250 valence electrons. The van der Waals surface area contributed by atoms with E-state index in [1.807, 2.05) is 84.9 Å². The van der Waals surface area contributed by atoms with E-state index < -0.39 is 20.6 Å². The molecule has 0 amide bonds. The van der Waals surface area contributed by atoms with Crippen molar-refractivity contribution >= 4 is 25.8 Å². The first kappa shape index (κ1) is 35.1. The van der Waals surface area contributed by atoms with E-state index >= 15 is 0 Å². The van der Waals surface area contributed by atoms with E-state index in [2.05, 4.69) is 20.8 Å². The van der Waals surface area contributed by atoms with Gasteiger partial charge in [0.25, 0.3) is 0 Å². The van der Waals surface area contributed by atoms with Gasteiger partial charge in [0.1, 0.15) is 23.0 Å². The van der Waals surface area contributed by atoms with Crippen molar-refractivity contribution in [3.05, 3.63) is 108 Å². The highest BCUT2D eigenvalue weighted by Crippen LogP contribution is 2.59. The molecular weight excluding hydrogens is 634 g/mol. The first-order valence-electron chi connectivity index (χ1n) is 15.6. The Hall–Kier alpha value is -3.22. The Morgan fingerprint density at radius 2 is 0.979 bits per heavy atom. The molecule has 1 aliphatic rings. The first-order chi connectivity index (χ1) is 22.4. The summed E-state index contributed by atoms with van der Waals surface area (Å²) in [7, 11) is -2.19. The molecule has 0 spiro atoms. The van der Waals surface area contributed by atoms with Gasteiger partial charge in [-0.15, -0.1) is 0 Å². The maximum Gasteiger partial charge on any atom is 0.361 e. The van der Waals surface area contributed by atoms with Crippen molar-refractivity contribution in [1.82, 2.24) is 0 Å². The molecule has 10 heteroatoms. The van der Waals surface area contributed by atoms with Gasteiger partial charge in [0.2, 0.25) is 0 Å². The van der Waals surface area contributed by atoms with Crippen LogP contribution >= 0.6 is 15.2 Å². The second-order valence-electron chi connectivity index (χ2n) is 12.8. The molecule has 8 nitrogen and oxygen atoms in total. The summed E-state index contributed by atoms with van der Waals surface area (Å²) in [5.74, 6) is 2.47. The van der Waals surface area contributed by atoms with Gasteiger partial charge in [-0.1, -0.05) is 69.3 Å². The third-order valence-corrected chi connectivity index (χ3v) is 12.7. The molecule has 1 aliphatic carbocycles. The van der Waals surface area contributed by atoms with Crippen LogP contribution in [0.15, 0.2) is 97.1 Å². The van der Waals surface area contributed by atoms with E-state index in [9.17, 15) is 9.13 Å². The van der Waals surface area contributed by atoms with Crippen molar-refractivity contribution in [2.24, 2.45) is 11.3 Å². The fourth-order valence-electron chi connectivity index (χ4n) is 7.33.